The summed E-state index contributed by atoms with van der Waals surface area (Å²) in [6.07, 6.45) is 1.15. The summed E-state index contributed by atoms with van der Waals surface area (Å²) in [5, 5.41) is 2.16. The molecule has 3 heteroatoms. The first-order chi connectivity index (χ1) is 8.34. The lowest BCUT2D eigenvalue weighted by atomic mass is 9.81. The Morgan fingerprint density at radius 3 is 2.50 bits per heavy atom. The molecule has 1 nitrogen and oxygen atoms in total. The van der Waals surface area contributed by atoms with E-state index in [1.54, 1.807) is 0 Å². The fourth-order valence-corrected chi connectivity index (χ4v) is 3.50. The van der Waals surface area contributed by atoms with Gasteiger partial charge in [0.15, 0.2) is 0 Å². The average molecular weight is 286 g/mol. The minimum absolute atomic E-state index is 0.332. The second-order valence-electron chi connectivity index (χ2n) is 6.32. The monoisotopic (exact) mass is 285 g/mol. The van der Waals surface area contributed by atoms with E-state index in [2.05, 4.69) is 69.8 Å². The molecule has 0 fully saturated rings. The van der Waals surface area contributed by atoms with Crippen molar-refractivity contribution >= 4 is 24.0 Å². The maximum absolute atomic E-state index is 4.52. The van der Waals surface area contributed by atoms with Gasteiger partial charge in [-0.3, -0.25) is 0 Å². The van der Waals surface area contributed by atoms with Crippen LogP contribution in [0.2, 0.25) is 0 Å². The number of hydrogen-bond acceptors (Lipinski definition) is 3. The van der Waals surface area contributed by atoms with Crippen molar-refractivity contribution in [2.24, 2.45) is 11.3 Å². The van der Waals surface area contributed by atoms with Crippen molar-refractivity contribution in [3.8, 4) is 0 Å². The number of nitrogens with zero attached hydrogens (tertiary/aromatic N) is 1. The predicted molar refractivity (Wildman–Crippen MR) is 86.9 cm³/mol. The van der Waals surface area contributed by atoms with Crippen LogP contribution in [0.15, 0.2) is 17.5 Å². The normalized spacial score (nSPS) is 15.9. The number of likely N-dealkylation sites (N-methyl/N-ethyl adjacent to an activating group) is 1. The highest BCUT2D eigenvalue weighted by Gasteiger charge is 2.25. The van der Waals surface area contributed by atoms with E-state index in [0.29, 0.717) is 17.4 Å². The minimum Gasteiger partial charge on any atom is -0.303 e. The van der Waals surface area contributed by atoms with Crippen molar-refractivity contribution < 1.29 is 0 Å². The second kappa shape index (κ2) is 6.97. The smallest absolute Gasteiger partial charge is 0.0112 e. The molecule has 0 saturated heterocycles. The number of rotatable bonds is 6. The molecule has 0 aliphatic rings. The van der Waals surface area contributed by atoms with Crippen LogP contribution in [0.25, 0.3) is 0 Å². The molecule has 0 aliphatic heterocycles. The summed E-state index contributed by atoms with van der Waals surface area (Å²) in [5.41, 5.74) is 0.332. The summed E-state index contributed by atoms with van der Waals surface area (Å²) in [6.45, 7) is 10.4. The molecule has 1 aromatic rings. The summed E-state index contributed by atoms with van der Waals surface area (Å²) in [4.78, 5) is 3.96. The van der Waals surface area contributed by atoms with E-state index in [4.69, 9.17) is 0 Å². The lowest BCUT2D eigenvalue weighted by Crippen LogP contribution is -2.39. The summed E-state index contributed by atoms with van der Waals surface area (Å²) >= 11 is 6.37. The first-order valence-electron chi connectivity index (χ1n) is 6.68. The molecule has 2 unspecified atom stereocenters. The van der Waals surface area contributed by atoms with Crippen LogP contribution in [0.4, 0.5) is 0 Å². The van der Waals surface area contributed by atoms with Gasteiger partial charge < -0.3 is 4.90 Å². The van der Waals surface area contributed by atoms with Crippen LogP contribution in [0.1, 0.15) is 32.6 Å². The number of thiol groups is 1. The van der Waals surface area contributed by atoms with Gasteiger partial charge in [0.1, 0.15) is 0 Å². The van der Waals surface area contributed by atoms with Crippen molar-refractivity contribution in [2.75, 3.05) is 19.3 Å². The SMILES string of the molecule is CC(Cc1cccs1)N(C)CC(CS)C(C)(C)C. The zero-order valence-corrected chi connectivity index (χ0v) is 14.0. The molecule has 0 spiro atoms. The van der Waals surface area contributed by atoms with Gasteiger partial charge >= 0.3 is 0 Å². The third kappa shape index (κ3) is 4.94. The van der Waals surface area contributed by atoms with Gasteiger partial charge in [-0.15, -0.1) is 11.3 Å². The van der Waals surface area contributed by atoms with E-state index in [1.807, 2.05) is 11.3 Å². The summed E-state index contributed by atoms with van der Waals surface area (Å²) < 4.78 is 0. The molecule has 0 saturated carbocycles. The predicted octanol–water partition coefficient (Wildman–Crippen LogP) is 4.20. The van der Waals surface area contributed by atoms with E-state index in [1.165, 1.54) is 4.88 Å². The van der Waals surface area contributed by atoms with Gasteiger partial charge in [0.2, 0.25) is 0 Å². The van der Waals surface area contributed by atoms with Crippen LogP contribution in [-0.4, -0.2) is 30.3 Å². The van der Waals surface area contributed by atoms with Crippen LogP contribution in [0.5, 0.6) is 0 Å². The van der Waals surface area contributed by atoms with E-state index in [0.717, 1.165) is 18.7 Å². The first kappa shape index (κ1) is 16.1. The molecular weight excluding hydrogens is 258 g/mol. The summed E-state index contributed by atoms with van der Waals surface area (Å²) in [7, 11) is 2.24. The molecule has 1 rings (SSSR count). The molecule has 0 aliphatic carbocycles. The van der Waals surface area contributed by atoms with Crippen LogP contribution in [0, 0.1) is 11.3 Å². The largest absolute Gasteiger partial charge is 0.303 e. The van der Waals surface area contributed by atoms with Gasteiger partial charge in [0.25, 0.3) is 0 Å². The topological polar surface area (TPSA) is 3.24 Å². The van der Waals surface area contributed by atoms with E-state index in [9.17, 15) is 0 Å². The molecule has 0 aromatic carbocycles. The molecule has 1 heterocycles. The van der Waals surface area contributed by atoms with Crippen molar-refractivity contribution in [1.29, 1.82) is 0 Å². The number of hydrogen-bond donors (Lipinski definition) is 1. The molecule has 0 radical (unpaired) electrons. The fraction of sp³-hybridized carbons (Fsp3) is 0.733. The number of thiophene rings is 1. The zero-order valence-electron chi connectivity index (χ0n) is 12.3. The lowest BCUT2D eigenvalue weighted by molar-refractivity contribution is 0.157. The molecule has 2 atom stereocenters. The standard InChI is InChI=1S/C15H27NS2/c1-12(9-14-7-6-8-18-14)16(5)10-13(11-17)15(2,3)4/h6-8,12-13,17H,9-11H2,1-5H3. The Labute approximate surface area is 122 Å². The van der Waals surface area contributed by atoms with Gasteiger partial charge in [-0.1, -0.05) is 26.8 Å². The summed E-state index contributed by atoms with van der Waals surface area (Å²) in [5.74, 6) is 1.59. The highest BCUT2D eigenvalue weighted by atomic mass is 32.1. The van der Waals surface area contributed by atoms with Crippen LogP contribution in [-0.2, 0) is 6.42 Å². The van der Waals surface area contributed by atoms with Crippen LogP contribution >= 0.6 is 24.0 Å². The Morgan fingerprint density at radius 2 is 2.06 bits per heavy atom. The Bertz CT molecular complexity index is 327. The molecule has 0 bridgehead atoms. The van der Waals surface area contributed by atoms with Crippen LogP contribution < -0.4 is 0 Å². The highest BCUT2D eigenvalue weighted by Crippen LogP contribution is 2.28. The molecule has 0 amide bonds. The Kier molecular flexibility index (Phi) is 6.22. The Hall–Kier alpha value is 0.01000. The van der Waals surface area contributed by atoms with Crippen molar-refractivity contribution in [2.45, 2.75) is 40.2 Å². The highest BCUT2D eigenvalue weighted by molar-refractivity contribution is 7.80. The van der Waals surface area contributed by atoms with Gasteiger partial charge in [0, 0.05) is 17.5 Å². The van der Waals surface area contributed by atoms with Crippen molar-refractivity contribution in [3.63, 3.8) is 0 Å². The zero-order chi connectivity index (χ0) is 13.8. The van der Waals surface area contributed by atoms with Gasteiger partial charge in [-0.2, -0.15) is 12.6 Å². The molecule has 0 N–H and O–H groups in total. The maximum atomic E-state index is 4.52. The summed E-state index contributed by atoms with van der Waals surface area (Å²) in [6, 6.07) is 4.96. The van der Waals surface area contributed by atoms with E-state index < -0.39 is 0 Å². The average Bonchev–Trinajstić information content (AvgIpc) is 2.76. The quantitative estimate of drug-likeness (QED) is 0.767. The first-order valence-corrected chi connectivity index (χ1v) is 8.19. The fourth-order valence-electron chi connectivity index (χ4n) is 2.01. The molecule has 1 aromatic heterocycles. The maximum Gasteiger partial charge on any atom is 0.0112 e. The van der Waals surface area contributed by atoms with Gasteiger partial charge in [0.05, 0.1) is 0 Å². The third-order valence-corrected chi connectivity index (χ3v) is 5.12. The lowest BCUT2D eigenvalue weighted by Gasteiger charge is -2.35. The van der Waals surface area contributed by atoms with Crippen LogP contribution in [0.3, 0.4) is 0 Å². The van der Waals surface area contributed by atoms with Crippen molar-refractivity contribution in [1.82, 2.24) is 4.90 Å². The Morgan fingerprint density at radius 1 is 1.39 bits per heavy atom. The molecule has 18 heavy (non-hydrogen) atoms. The Balaban J connectivity index is 2.50. The second-order valence-corrected chi connectivity index (χ2v) is 7.72. The van der Waals surface area contributed by atoms with Gasteiger partial charge in [-0.05, 0) is 48.9 Å². The molecule has 104 valence electrons. The van der Waals surface area contributed by atoms with E-state index in [-0.39, 0.29) is 0 Å². The molecular formula is C15H27NS2. The van der Waals surface area contributed by atoms with Crippen molar-refractivity contribution in [3.05, 3.63) is 22.4 Å². The van der Waals surface area contributed by atoms with Gasteiger partial charge in [-0.25, -0.2) is 0 Å². The van der Waals surface area contributed by atoms with E-state index >= 15 is 0 Å². The minimum atomic E-state index is 0.332. The third-order valence-electron chi connectivity index (χ3n) is 3.78.